The van der Waals surface area contributed by atoms with Gasteiger partial charge in [0.25, 0.3) is 0 Å². The van der Waals surface area contributed by atoms with E-state index in [1.807, 2.05) is 30.5 Å². The molecule has 0 saturated heterocycles. The van der Waals surface area contributed by atoms with E-state index in [2.05, 4.69) is 52.1 Å². The Morgan fingerprint density at radius 3 is 2.90 bits per heavy atom. The Morgan fingerprint density at radius 1 is 1.29 bits per heavy atom. The van der Waals surface area contributed by atoms with Crippen molar-refractivity contribution in [1.82, 2.24) is 15.0 Å². The van der Waals surface area contributed by atoms with Crippen LogP contribution in [0.3, 0.4) is 0 Å². The second-order valence-corrected chi connectivity index (χ2v) is 5.98. The standard InChI is InChI=1S/C14H10Br2N4O/c15-11-7-18-14(13(16)19-11)20-12(21)5-8-6-17-10-4-2-1-3-9(8)10/h1-4,6-7,17H,5H2,(H,18,20,21). The molecule has 0 atom stereocenters. The second kappa shape index (κ2) is 5.95. The maximum Gasteiger partial charge on any atom is 0.230 e. The van der Waals surface area contributed by atoms with Gasteiger partial charge in [-0.25, -0.2) is 9.97 Å². The largest absolute Gasteiger partial charge is 0.361 e. The molecule has 106 valence electrons. The summed E-state index contributed by atoms with van der Waals surface area (Å²) in [5.41, 5.74) is 1.97. The summed E-state index contributed by atoms with van der Waals surface area (Å²) in [6, 6.07) is 7.88. The number of fused-ring (bicyclic) bond motifs is 1. The van der Waals surface area contributed by atoms with Gasteiger partial charge in [0.15, 0.2) is 5.82 Å². The molecule has 0 unspecified atom stereocenters. The lowest BCUT2D eigenvalue weighted by molar-refractivity contribution is -0.115. The molecule has 5 nitrogen and oxygen atoms in total. The van der Waals surface area contributed by atoms with E-state index in [4.69, 9.17) is 0 Å². The lowest BCUT2D eigenvalue weighted by Gasteiger charge is -2.05. The lowest BCUT2D eigenvalue weighted by atomic mass is 10.1. The van der Waals surface area contributed by atoms with Crippen LogP contribution in [0.15, 0.2) is 45.9 Å². The van der Waals surface area contributed by atoms with Crippen molar-refractivity contribution in [2.24, 2.45) is 0 Å². The van der Waals surface area contributed by atoms with Crippen molar-refractivity contribution in [2.45, 2.75) is 6.42 Å². The van der Waals surface area contributed by atoms with Gasteiger partial charge < -0.3 is 10.3 Å². The molecule has 0 spiro atoms. The van der Waals surface area contributed by atoms with E-state index in [1.165, 1.54) is 6.20 Å². The quantitative estimate of drug-likeness (QED) is 0.693. The molecule has 0 aliphatic heterocycles. The van der Waals surface area contributed by atoms with Crippen molar-refractivity contribution >= 4 is 54.5 Å². The first-order valence-corrected chi connectivity index (χ1v) is 7.75. The number of carbonyl (C=O) groups is 1. The van der Waals surface area contributed by atoms with E-state index in [0.717, 1.165) is 16.5 Å². The summed E-state index contributed by atoms with van der Waals surface area (Å²) in [7, 11) is 0. The van der Waals surface area contributed by atoms with Crippen LogP contribution in [-0.2, 0) is 11.2 Å². The van der Waals surface area contributed by atoms with Gasteiger partial charge in [-0.15, -0.1) is 0 Å². The number of anilines is 1. The highest BCUT2D eigenvalue weighted by atomic mass is 79.9. The summed E-state index contributed by atoms with van der Waals surface area (Å²) < 4.78 is 1.09. The van der Waals surface area contributed by atoms with Crippen LogP contribution in [0, 0.1) is 0 Å². The number of halogens is 2. The molecule has 2 heterocycles. The normalized spacial score (nSPS) is 10.8. The minimum absolute atomic E-state index is 0.142. The first kappa shape index (κ1) is 14.2. The van der Waals surface area contributed by atoms with Gasteiger partial charge in [-0.3, -0.25) is 4.79 Å². The minimum atomic E-state index is -0.142. The Morgan fingerprint density at radius 2 is 2.10 bits per heavy atom. The maximum absolute atomic E-state index is 12.1. The number of benzene rings is 1. The fourth-order valence-corrected chi connectivity index (χ4v) is 2.97. The molecule has 0 aliphatic rings. The number of rotatable bonds is 3. The first-order valence-electron chi connectivity index (χ1n) is 6.16. The van der Waals surface area contributed by atoms with Crippen LogP contribution < -0.4 is 5.32 Å². The first-order chi connectivity index (χ1) is 10.1. The third kappa shape index (κ3) is 3.14. The number of aromatic amines is 1. The molecule has 3 rings (SSSR count). The van der Waals surface area contributed by atoms with Gasteiger partial charge in [0, 0.05) is 17.1 Å². The van der Waals surface area contributed by atoms with E-state index < -0.39 is 0 Å². The summed E-state index contributed by atoms with van der Waals surface area (Å²) in [6.45, 7) is 0. The molecular weight excluding hydrogens is 400 g/mol. The highest BCUT2D eigenvalue weighted by Crippen LogP contribution is 2.21. The molecule has 1 amide bonds. The van der Waals surface area contributed by atoms with Gasteiger partial charge in [0.1, 0.15) is 9.21 Å². The Balaban J connectivity index is 1.77. The van der Waals surface area contributed by atoms with Gasteiger partial charge in [-0.2, -0.15) is 0 Å². The molecule has 2 aromatic heterocycles. The van der Waals surface area contributed by atoms with Crippen LogP contribution in [0.25, 0.3) is 10.9 Å². The van der Waals surface area contributed by atoms with E-state index >= 15 is 0 Å². The maximum atomic E-state index is 12.1. The molecule has 21 heavy (non-hydrogen) atoms. The van der Waals surface area contributed by atoms with E-state index in [1.54, 1.807) is 0 Å². The number of hydrogen-bond donors (Lipinski definition) is 2. The Labute approximate surface area is 137 Å². The molecule has 0 radical (unpaired) electrons. The second-order valence-electron chi connectivity index (χ2n) is 4.42. The number of amides is 1. The van der Waals surface area contributed by atoms with Crippen LogP contribution >= 0.6 is 31.9 Å². The fourth-order valence-electron chi connectivity index (χ4n) is 2.06. The van der Waals surface area contributed by atoms with Crippen LogP contribution in [0.1, 0.15) is 5.56 Å². The molecule has 1 aromatic carbocycles. The number of nitrogens with one attached hydrogen (secondary N) is 2. The number of aromatic nitrogens is 3. The van der Waals surface area contributed by atoms with Gasteiger partial charge in [0.2, 0.25) is 5.91 Å². The van der Waals surface area contributed by atoms with Gasteiger partial charge in [-0.05, 0) is 43.5 Å². The summed E-state index contributed by atoms with van der Waals surface area (Å²) in [5, 5.41) is 3.80. The average molecular weight is 410 g/mol. The summed E-state index contributed by atoms with van der Waals surface area (Å²) >= 11 is 6.49. The molecule has 7 heteroatoms. The molecular formula is C14H10Br2N4O. The third-order valence-electron chi connectivity index (χ3n) is 2.98. The molecule has 0 bridgehead atoms. The molecule has 2 N–H and O–H groups in total. The van der Waals surface area contributed by atoms with Crippen LogP contribution in [-0.4, -0.2) is 20.9 Å². The van der Waals surface area contributed by atoms with Gasteiger partial charge in [-0.1, -0.05) is 18.2 Å². The Bertz CT molecular complexity index is 816. The molecule has 0 aliphatic carbocycles. The SMILES string of the molecule is O=C(Cc1c[nH]c2ccccc12)Nc1ncc(Br)nc1Br. The summed E-state index contributed by atoms with van der Waals surface area (Å²) in [4.78, 5) is 23.5. The lowest BCUT2D eigenvalue weighted by Crippen LogP contribution is -2.15. The molecule has 0 saturated carbocycles. The van der Waals surface area contributed by atoms with Crippen molar-refractivity contribution in [2.75, 3.05) is 5.32 Å². The van der Waals surface area contributed by atoms with Crippen molar-refractivity contribution in [3.05, 3.63) is 51.4 Å². The van der Waals surface area contributed by atoms with E-state index in [-0.39, 0.29) is 12.3 Å². The fraction of sp³-hybridized carbons (Fsp3) is 0.0714. The third-order valence-corrected chi connectivity index (χ3v) is 3.92. The monoisotopic (exact) mass is 408 g/mol. The van der Waals surface area contributed by atoms with Crippen molar-refractivity contribution < 1.29 is 4.79 Å². The zero-order chi connectivity index (χ0) is 14.8. The number of H-pyrrole nitrogens is 1. The number of nitrogens with zero attached hydrogens (tertiary/aromatic N) is 2. The molecule has 0 fully saturated rings. The van der Waals surface area contributed by atoms with Gasteiger partial charge >= 0.3 is 0 Å². The summed E-state index contributed by atoms with van der Waals surface area (Å²) in [6.07, 6.45) is 3.66. The highest BCUT2D eigenvalue weighted by molar-refractivity contribution is 9.11. The topological polar surface area (TPSA) is 70.7 Å². The number of para-hydroxylation sites is 1. The van der Waals surface area contributed by atoms with Crippen molar-refractivity contribution in [1.29, 1.82) is 0 Å². The van der Waals surface area contributed by atoms with E-state index in [0.29, 0.717) is 15.0 Å². The predicted molar refractivity (Wildman–Crippen MR) is 88.1 cm³/mol. The zero-order valence-electron chi connectivity index (χ0n) is 10.7. The van der Waals surface area contributed by atoms with Crippen molar-refractivity contribution in [3.63, 3.8) is 0 Å². The zero-order valence-corrected chi connectivity index (χ0v) is 13.9. The van der Waals surface area contributed by atoms with Gasteiger partial charge in [0.05, 0.1) is 12.6 Å². The number of carbonyl (C=O) groups excluding carboxylic acids is 1. The Kier molecular flexibility index (Phi) is 4.03. The van der Waals surface area contributed by atoms with Crippen LogP contribution in [0.2, 0.25) is 0 Å². The minimum Gasteiger partial charge on any atom is -0.361 e. The summed E-state index contributed by atoms with van der Waals surface area (Å²) in [5.74, 6) is 0.264. The van der Waals surface area contributed by atoms with Crippen LogP contribution in [0.4, 0.5) is 5.82 Å². The predicted octanol–water partition coefficient (Wildman–Crippen LogP) is 3.66. The van der Waals surface area contributed by atoms with Crippen molar-refractivity contribution in [3.8, 4) is 0 Å². The Hall–Kier alpha value is -1.73. The average Bonchev–Trinajstić information content (AvgIpc) is 2.85. The highest BCUT2D eigenvalue weighted by Gasteiger charge is 2.11. The van der Waals surface area contributed by atoms with Crippen LogP contribution in [0.5, 0.6) is 0 Å². The van der Waals surface area contributed by atoms with E-state index in [9.17, 15) is 4.79 Å². The molecule has 3 aromatic rings. The number of hydrogen-bond acceptors (Lipinski definition) is 3. The smallest absolute Gasteiger partial charge is 0.230 e.